The van der Waals surface area contributed by atoms with Crippen LogP contribution >= 0.6 is 0 Å². The van der Waals surface area contributed by atoms with E-state index >= 15 is 0 Å². The summed E-state index contributed by atoms with van der Waals surface area (Å²) in [4.78, 5) is 11.5. The first kappa shape index (κ1) is 17.6. The molecule has 0 radical (unpaired) electrons. The van der Waals surface area contributed by atoms with Gasteiger partial charge in [0.1, 0.15) is 11.6 Å². The Balaban J connectivity index is 0.00000218. The summed E-state index contributed by atoms with van der Waals surface area (Å²) in [5.74, 6) is 1.84. The number of methoxy groups -OCH3 is 1. The molecule has 4 heterocycles. The van der Waals surface area contributed by atoms with E-state index in [1.807, 2.05) is 36.4 Å². The van der Waals surface area contributed by atoms with Gasteiger partial charge in [0.05, 0.1) is 24.5 Å². The SMILES string of the molecule is COc1cccc(C2CN(c3cccc(-c4[nH]nc5ncccc45)n3)CCN2)c1.[HH]. The third kappa shape index (κ3) is 3.40. The lowest BCUT2D eigenvalue weighted by Crippen LogP contribution is -2.46. The van der Waals surface area contributed by atoms with Gasteiger partial charge < -0.3 is 15.0 Å². The summed E-state index contributed by atoms with van der Waals surface area (Å²) in [6.07, 6.45) is 1.75. The molecule has 0 aliphatic carbocycles. The molecule has 1 unspecified atom stereocenters. The molecule has 2 N–H and O–H groups in total. The monoisotopic (exact) mass is 388 g/mol. The Hall–Kier alpha value is -3.45. The average Bonchev–Trinajstić information content (AvgIpc) is 3.23. The lowest BCUT2D eigenvalue weighted by atomic mass is 10.0. The Kier molecular flexibility index (Phi) is 4.57. The van der Waals surface area contributed by atoms with Crippen molar-refractivity contribution in [3.63, 3.8) is 0 Å². The first-order valence-corrected chi connectivity index (χ1v) is 9.70. The lowest BCUT2D eigenvalue weighted by Gasteiger charge is -2.35. The molecular formula is C22H24N6O. The van der Waals surface area contributed by atoms with Crippen molar-refractivity contribution in [3.05, 3.63) is 66.4 Å². The summed E-state index contributed by atoms with van der Waals surface area (Å²) in [7, 11) is 1.70. The van der Waals surface area contributed by atoms with Crippen molar-refractivity contribution in [2.45, 2.75) is 6.04 Å². The summed E-state index contributed by atoms with van der Waals surface area (Å²) >= 11 is 0. The molecule has 148 valence electrons. The van der Waals surface area contributed by atoms with Crippen molar-refractivity contribution < 1.29 is 6.16 Å². The van der Waals surface area contributed by atoms with Gasteiger partial charge in [-0.3, -0.25) is 5.10 Å². The number of nitrogens with one attached hydrogen (secondary N) is 2. The van der Waals surface area contributed by atoms with Crippen LogP contribution in [0.2, 0.25) is 0 Å². The zero-order chi connectivity index (χ0) is 19.6. The zero-order valence-electron chi connectivity index (χ0n) is 16.2. The first-order chi connectivity index (χ1) is 14.3. The van der Waals surface area contributed by atoms with Crippen molar-refractivity contribution >= 4 is 16.9 Å². The Labute approximate surface area is 170 Å². The van der Waals surface area contributed by atoms with E-state index in [4.69, 9.17) is 9.72 Å². The van der Waals surface area contributed by atoms with Gasteiger partial charge in [-0.2, -0.15) is 5.10 Å². The van der Waals surface area contributed by atoms with Gasteiger partial charge in [0.25, 0.3) is 0 Å². The quantitative estimate of drug-likeness (QED) is 0.558. The fraction of sp³-hybridized carbons (Fsp3) is 0.227. The molecule has 1 fully saturated rings. The van der Waals surface area contributed by atoms with E-state index in [0.717, 1.165) is 48.0 Å². The van der Waals surface area contributed by atoms with Crippen LogP contribution in [0.3, 0.4) is 0 Å². The van der Waals surface area contributed by atoms with Crippen molar-refractivity contribution in [2.75, 3.05) is 31.6 Å². The van der Waals surface area contributed by atoms with E-state index < -0.39 is 0 Å². The van der Waals surface area contributed by atoms with Crippen LogP contribution < -0.4 is 15.0 Å². The molecule has 0 saturated carbocycles. The lowest BCUT2D eigenvalue weighted by molar-refractivity contribution is 0.411. The number of anilines is 1. The minimum absolute atomic E-state index is 0. The molecular weight excluding hydrogens is 364 g/mol. The summed E-state index contributed by atoms with van der Waals surface area (Å²) in [6.45, 7) is 2.64. The van der Waals surface area contributed by atoms with Crippen LogP contribution in [-0.2, 0) is 0 Å². The maximum absolute atomic E-state index is 5.38. The van der Waals surface area contributed by atoms with E-state index in [9.17, 15) is 0 Å². The second kappa shape index (κ2) is 7.52. The van der Waals surface area contributed by atoms with Gasteiger partial charge in [-0.25, -0.2) is 9.97 Å². The van der Waals surface area contributed by atoms with Crippen LogP contribution in [0.1, 0.15) is 13.0 Å². The van der Waals surface area contributed by atoms with Crippen LogP contribution in [0.5, 0.6) is 5.75 Å². The maximum Gasteiger partial charge on any atom is 0.181 e. The fourth-order valence-corrected chi connectivity index (χ4v) is 3.82. The number of H-pyrrole nitrogens is 1. The number of rotatable bonds is 4. The van der Waals surface area contributed by atoms with Gasteiger partial charge in [0.15, 0.2) is 5.65 Å². The third-order valence-corrected chi connectivity index (χ3v) is 5.32. The van der Waals surface area contributed by atoms with E-state index in [2.05, 4.69) is 43.6 Å². The Bertz CT molecular complexity index is 1150. The van der Waals surface area contributed by atoms with Crippen LogP contribution in [0, 0.1) is 0 Å². The molecule has 1 aliphatic heterocycles. The minimum Gasteiger partial charge on any atom is -0.497 e. The highest BCUT2D eigenvalue weighted by Crippen LogP contribution is 2.27. The number of pyridine rings is 2. The number of aromatic nitrogens is 4. The van der Waals surface area contributed by atoms with Crippen LogP contribution in [0.15, 0.2) is 60.8 Å². The summed E-state index contributed by atoms with van der Waals surface area (Å²) in [6, 6.07) is 18.5. The number of aromatic amines is 1. The molecule has 5 rings (SSSR count). The highest BCUT2D eigenvalue weighted by molar-refractivity contribution is 5.89. The number of benzene rings is 1. The van der Waals surface area contributed by atoms with E-state index in [1.54, 1.807) is 13.3 Å². The summed E-state index contributed by atoms with van der Waals surface area (Å²) < 4.78 is 5.38. The molecule has 7 nitrogen and oxygen atoms in total. The van der Waals surface area contributed by atoms with E-state index in [0.29, 0.717) is 5.65 Å². The Morgan fingerprint density at radius 2 is 2.07 bits per heavy atom. The molecule has 1 aliphatic rings. The number of ether oxygens (including phenoxy) is 1. The third-order valence-electron chi connectivity index (χ3n) is 5.32. The Morgan fingerprint density at radius 1 is 1.14 bits per heavy atom. The van der Waals surface area contributed by atoms with Crippen molar-refractivity contribution in [1.29, 1.82) is 0 Å². The molecule has 3 aromatic heterocycles. The van der Waals surface area contributed by atoms with Gasteiger partial charge >= 0.3 is 0 Å². The van der Waals surface area contributed by atoms with Crippen LogP contribution in [0.4, 0.5) is 5.82 Å². The van der Waals surface area contributed by atoms with Gasteiger partial charge in [-0.05, 0) is 42.0 Å². The van der Waals surface area contributed by atoms with Gasteiger partial charge in [0.2, 0.25) is 0 Å². The highest BCUT2D eigenvalue weighted by Gasteiger charge is 2.22. The normalized spacial score (nSPS) is 16.9. The fourth-order valence-electron chi connectivity index (χ4n) is 3.82. The minimum atomic E-state index is 0. The molecule has 29 heavy (non-hydrogen) atoms. The largest absolute Gasteiger partial charge is 0.497 e. The van der Waals surface area contributed by atoms with Gasteiger partial charge in [0, 0.05) is 32.6 Å². The smallest absolute Gasteiger partial charge is 0.181 e. The second-order valence-corrected chi connectivity index (χ2v) is 7.08. The van der Waals surface area contributed by atoms with Crippen LogP contribution in [-0.4, -0.2) is 46.9 Å². The summed E-state index contributed by atoms with van der Waals surface area (Å²) in [5, 5.41) is 12.0. The number of hydrogen-bond donors (Lipinski definition) is 2. The molecule has 4 aromatic rings. The molecule has 0 bridgehead atoms. The molecule has 1 atom stereocenters. The highest BCUT2D eigenvalue weighted by atomic mass is 16.5. The van der Waals surface area contributed by atoms with Crippen LogP contribution in [0.25, 0.3) is 22.4 Å². The summed E-state index contributed by atoms with van der Waals surface area (Å²) in [5.41, 5.74) is 3.69. The first-order valence-electron chi connectivity index (χ1n) is 9.70. The van der Waals surface area contributed by atoms with Gasteiger partial charge in [-0.1, -0.05) is 18.2 Å². The van der Waals surface area contributed by atoms with Crippen molar-refractivity contribution in [2.24, 2.45) is 0 Å². The topological polar surface area (TPSA) is 79.0 Å². The van der Waals surface area contributed by atoms with Gasteiger partial charge in [-0.15, -0.1) is 0 Å². The average molecular weight is 388 g/mol. The standard InChI is InChI=1S/C22H22N6O.H2/c1-29-16-6-2-5-15(13-16)19-14-28(12-11-23-19)20-9-3-8-18(25-20)21-17-7-4-10-24-22(17)27-26-21;/h2-10,13,19,23H,11-12,14H2,1H3,(H,24,26,27);1H. The predicted octanol–water partition coefficient (Wildman–Crippen LogP) is 3.43. The number of piperazine rings is 1. The number of hydrogen-bond acceptors (Lipinski definition) is 6. The molecule has 1 aromatic carbocycles. The van der Waals surface area contributed by atoms with Crippen molar-refractivity contribution in [3.8, 4) is 17.1 Å². The molecule has 0 spiro atoms. The molecule has 0 amide bonds. The predicted molar refractivity (Wildman–Crippen MR) is 115 cm³/mol. The van der Waals surface area contributed by atoms with E-state index in [1.165, 1.54) is 5.56 Å². The maximum atomic E-state index is 5.38. The van der Waals surface area contributed by atoms with E-state index in [-0.39, 0.29) is 7.47 Å². The zero-order valence-corrected chi connectivity index (χ0v) is 16.2. The van der Waals surface area contributed by atoms with Crippen molar-refractivity contribution in [1.82, 2.24) is 25.5 Å². The molecule has 7 heteroatoms. The Morgan fingerprint density at radius 3 is 3.00 bits per heavy atom. The molecule has 1 saturated heterocycles. The second-order valence-electron chi connectivity index (χ2n) is 7.08. The number of fused-ring (bicyclic) bond motifs is 1. The number of nitrogens with zero attached hydrogens (tertiary/aromatic N) is 4.